The van der Waals surface area contributed by atoms with Crippen molar-refractivity contribution in [1.29, 1.82) is 0 Å². The summed E-state index contributed by atoms with van der Waals surface area (Å²) in [5.41, 5.74) is 1.94. The fraction of sp³-hybridized carbons (Fsp3) is 0.200. The van der Waals surface area contributed by atoms with Gasteiger partial charge in [0.15, 0.2) is 6.10 Å². The Kier molecular flexibility index (Phi) is 5.09. The molecule has 1 aliphatic heterocycles. The number of hydrogen-bond acceptors (Lipinski definition) is 3. The van der Waals surface area contributed by atoms with Crippen molar-refractivity contribution in [3.05, 3.63) is 90.8 Å². The van der Waals surface area contributed by atoms with Gasteiger partial charge in [-0.25, -0.2) is 13.8 Å². The SMILES string of the molecule is O=C(c1cccc(-n2cccc2)c1)N1CCC(F)(F)C(Oc2ccc3ccccc3n2)C1. The van der Waals surface area contributed by atoms with Crippen LogP contribution in [0.2, 0.25) is 0 Å². The highest BCUT2D eigenvalue weighted by Crippen LogP contribution is 2.32. The number of aromatic nitrogens is 2. The molecule has 1 amide bonds. The second kappa shape index (κ2) is 8.07. The molecule has 1 atom stereocenters. The minimum Gasteiger partial charge on any atom is -0.466 e. The Labute approximate surface area is 183 Å². The van der Waals surface area contributed by atoms with E-state index in [4.69, 9.17) is 4.74 Å². The van der Waals surface area contributed by atoms with E-state index in [1.807, 2.05) is 53.4 Å². The Hall–Kier alpha value is -3.74. The molecule has 1 fully saturated rings. The first-order chi connectivity index (χ1) is 15.5. The van der Waals surface area contributed by atoms with Crippen LogP contribution in [0.1, 0.15) is 16.8 Å². The minimum atomic E-state index is -3.06. The molecule has 0 aliphatic carbocycles. The van der Waals surface area contributed by atoms with Gasteiger partial charge in [0, 0.05) is 48.1 Å². The molecule has 0 bridgehead atoms. The zero-order valence-electron chi connectivity index (χ0n) is 17.2. The minimum absolute atomic E-state index is 0.0371. The Morgan fingerprint density at radius 1 is 1.00 bits per heavy atom. The lowest BCUT2D eigenvalue weighted by Gasteiger charge is -2.38. The second-order valence-corrected chi connectivity index (χ2v) is 7.85. The van der Waals surface area contributed by atoms with Gasteiger partial charge in [-0.3, -0.25) is 4.79 Å². The maximum atomic E-state index is 14.7. The summed E-state index contributed by atoms with van der Waals surface area (Å²) >= 11 is 0. The van der Waals surface area contributed by atoms with E-state index in [9.17, 15) is 13.6 Å². The van der Waals surface area contributed by atoms with E-state index in [0.29, 0.717) is 11.1 Å². The molecule has 0 saturated carbocycles. The van der Waals surface area contributed by atoms with Crippen LogP contribution >= 0.6 is 0 Å². The highest BCUT2D eigenvalue weighted by Gasteiger charge is 2.47. The highest BCUT2D eigenvalue weighted by molar-refractivity contribution is 5.95. The average molecular weight is 433 g/mol. The molecule has 1 unspecified atom stereocenters. The molecule has 0 radical (unpaired) electrons. The van der Waals surface area contributed by atoms with Gasteiger partial charge in [-0.1, -0.05) is 24.3 Å². The molecular formula is C25H21F2N3O2. The Bertz CT molecular complexity index is 1260. The molecular weight excluding hydrogens is 412 g/mol. The fourth-order valence-corrected chi connectivity index (χ4v) is 3.93. The first-order valence-electron chi connectivity index (χ1n) is 10.4. The number of nitrogens with zero attached hydrogens (tertiary/aromatic N) is 3. The van der Waals surface area contributed by atoms with E-state index in [1.54, 1.807) is 36.4 Å². The predicted molar refractivity (Wildman–Crippen MR) is 117 cm³/mol. The van der Waals surface area contributed by atoms with Crippen LogP contribution in [0.4, 0.5) is 8.78 Å². The van der Waals surface area contributed by atoms with E-state index >= 15 is 0 Å². The number of carbonyl (C=O) groups is 1. The quantitative estimate of drug-likeness (QED) is 0.457. The van der Waals surface area contributed by atoms with E-state index in [0.717, 1.165) is 11.1 Å². The van der Waals surface area contributed by atoms with Crippen molar-refractivity contribution in [2.24, 2.45) is 0 Å². The smallest absolute Gasteiger partial charge is 0.287 e. The van der Waals surface area contributed by atoms with Crippen molar-refractivity contribution in [2.75, 3.05) is 13.1 Å². The lowest BCUT2D eigenvalue weighted by atomic mass is 10.0. The number of carbonyl (C=O) groups excluding carboxylic acids is 1. The number of hydrogen-bond donors (Lipinski definition) is 0. The number of halogens is 2. The van der Waals surface area contributed by atoms with Gasteiger partial charge in [0.25, 0.3) is 11.8 Å². The van der Waals surface area contributed by atoms with Crippen LogP contribution in [0.25, 0.3) is 16.6 Å². The molecule has 4 aromatic rings. The predicted octanol–water partition coefficient (Wildman–Crippen LogP) is 4.95. The fourth-order valence-electron chi connectivity index (χ4n) is 3.93. The molecule has 2 aromatic carbocycles. The van der Waals surface area contributed by atoms with Crippen LogP contribution in [0.5, 0.6) is 5.88 Å². The maximum Gasteiger partial charge on any atom is 0.287 e. The van der Waals surface area contributed by atoms with Gasteiger partial charge in [-0.2, -0.15) is 0 Å². The van der Waals surface area contributed by atoms with E-state index in [-0.39, 0.29) is 24.9 Å². The molecule has 1 saturated heterocycles. The standard InChI is InChI=1S/C25H21F2N3O2/c26-25(27)12-15-30(24(31)19-7-5-8-20(16-19)29-13-3-4-14-29)17-22(25)32-23-11-10-18-6-1-2-9-21(18)28-23/h1-11,13-14,16,22H,12,15,17H2. The third-order valence-electron chi connectivity index (χ3n) is 5.69. The lowest BCUT2D eigenvalue weighted by Crippen LogP contribution is -2.55. The van der Waals surface area contributed by atoms with Gasteiger partial charge in [-0.05, 0) is 42.5 Å². The monoisotopic (exact) mass is 433 g/mol. The number of piperidine rings is 1. The molecule has 5 rings (SSSR count). The zero-order chi connectivity index (χ0) is 22.1. The summed E-state index contributed by atoms with van der Waals surface area (Å²) in [6.45, 7) is -0.251. The summed E-state index contributed by atoms with van der Waals surface area (Å²) in [5, 5.41) is 0.898. The van der Waals surface area contributed by atoms with Crippen molar-refractivity contribution in [1.82, 2.24) is 14.5 Å². The van der Waals surface area contributed by atoms with Gasteiger partial charge >= 0.3 is 0 Å². The van der Waals surface area contributed by atoms with E-state index in [1.165, 1.54) is 4.90 Å². The van der Waals surface area contributed by atoms with Crippen molar-refractivity contribution in [3.8, 4) is 11.6 Å². The molecule has 1 aliphatic rings. The highest BCUT2D eigenvalue weighted by atomic mass is 19.3. The van der Waals surface area contributed by atoms with Crippen molar-refractivity contribution >= 4 is 16.8 Å². The van der Waals surface area contributed by atoms with E-state index < -0.39 is 18.4 Å². The van der Waals surface area contributed by atoms with Crippen LogP contribution in [-0.2, 0) is 0 Å². The number of ether oxygens (including phenoxy) is 1. The molecule has 2 aromatic heterocycles. The summed E-state index contributed by atoms with van der Waals surface area (Å²) in [5.74, 6) is -3.23. The van der Waals surface area contributed by atoms with Gasteiger partial charge < -0.3 is 14.2 Å². The summed E-state index contributed by atoms with van der Waals surface area (Å²) in [4.78, 5) is 18.9. The van der Waals surface area contributed by atoms with Gasteiger partial charge in [-0.15, -0.1) is 0 Å². The maximum absolute atomic E-state index is 14.7. The number of pyridine rings is 1. The first-order valence-corrected chi connectivity index (χ1v) is 10.4. The molecule has 0 N–H and O–H groups in total. The number of fused-ring (bicyclic) bond motifs is 1. The normalized spacial score (nSPS) is 17.9. The molecule has 162 valence electrons. The number of benzene rings is 2. The van der Waals surface area contributed by atoms with Crippen LogP contribution < -0.4 is 4.74 Å². The van der Waals surface area contributed by atoms with Gasteiger partial charge in [0.2, 0.25) is 5.88 Å². The van der Waals surface area contributed by atoms with Crippen molar-refractivity contribution in [3.63, 3.8) is 0 Å². The summed E-state index contributed by atoms with van der Waals surface area (Å²) in [6, 6.07) is 21.7. The second-order valence-electron chi connectivity index (χ2n) is 7.85. The Balaban J connectivity index is 1.36. The molecule has 7 heteroatoms. The summed E-state index contributed by atoms with van der Waals surface area (Å²) in [6.07, 6.45) is 1.83. The largest absolute Gasteiger partial charge is 0.466 e. The Morgan fingerprint density at radius 2 is 1.81 bits per heavy atom. The number of rotatable bonds is 4. The zero-order valence-corrected chi connectivity index (χ0v) is 17.2. The molecule has 5 nitrogen and oxygen atoms in total. The van der Waals surface area contributed by atoms with Gasteiger partial charge in [0.05, 0.1) is 12.1 Å². The molecule has 3 heterocycles. The van der Waals surface area contributed by atoms with Crippen LogP contribution in [0.15, 0.2) is 85.2 Å². The topological polar surface area (TPSA) is 47.4 Å². The summed E-state index contributed by atoms with van der Waals surface area (Å²) in [7, 11) is 0. The molecule has 32 heavy (non-hydrogen) atoms. The number of likely N-dealkylation sites (tertiary alicyclic amines) is 1. The average Bonchev–Trinajstić information content (AvgIpc) is 3.35. The van der Waals surface area contributed by atoms with E-state index in [2.05, 4.69) is 4.98 Å². The van der Waals surface area contributed by atoms with Gasteiger partial charge in [0.1, 0.15) is 0 Å². The summed E-state index contributed by atoms with van der Waals surface area (Å²) < 4.78 is 36.8. The van der Waals surface area contributed by atoms with Crippen LogP contribution in [0.3, 0.4) is 0 Å². The lowest BCUT2D eigenvalue weighted by molar-refractivity contribution is -0.131. The number of alkyl halides is 2. The number of para-hydroxylation sites is 1. The van der Waals surface area contributed by atoms with Crippen molar-refractivity contribution < 1.29 is 18.3 Å². The van der Waals surface area contributed by atoms with Crippen LogP contribution in [-0.4, -0.2) is 45.5 Å². The number of amides is 1. The third-order valence-corrected chi connectivity index (χ3v) is 5.69. The van der Waals surface area contributed by atoms with Crippen LogP contribution in [0, 0.1) is 0 Å². The first kappa shape index (κ1) is 20.2. The third kappa shape index (κ3) is 3.93. The molecule has 0 spiro atoms. The van der Waals surface area contributed by atoms with Crippen molar-refractivity contribution in [2.45, 2.75) is 18.4 Å². The Morgan fingerprint density at radius 3 is 2.66 bits per heavy atom.